The molecule has 0 saturated carbocycles. The molecule has 0 aliphatic rings. The molecule has 2 N–H and O–H groups in total. The Balaban J connectivity index is 1.80. The number of rotatable bonds is 5. The second-order valence-electron chi connectivity index (χ2n) is 5.98. The average molecular weight is 435 g/mol. The van der Waals surface area contributed by atoms with E-state index in [0.29, 0.717) is 10.7 Å². The summed E-state index contributed by atoms with van der Waals surface area (Å²) in [6.07, 6.45) is 0. The monoisotopic (exact) mass is 434 g/mol. The molecule has 3 aromatic carbocycles. The van der Waals surface area contributed by atoms with Crippen molar-refractivity contribution in [3.05, 3.63) is 87.9 Å². The van der Waals surface area contributed by atoms with E-state index in [9.17, 15) is 13.2 Å². The van der Waals surface area contributed by atoms with Gasteiger partial charge in [-0.05, 0) is 55.0 Å². The van der Waals surface area contributed by atoms with E-state index < -0.39 is 15.9 Å². The Bertz CT molecular complexity index is 1130. The number of hydrogen-bond donors (Lipinski definition) is 2. The Labute approximate surface area is 173 Å². The van der Waals surface area contributed by atoms with Gasteiger partial charge >= 0.3 is 0 Å². The molecule has 0 bridgehead atoms. The predicted octanol–water partition coefficient (Wildman–Crippen LogP) is 5.35. The molecule has 0 aliphatic heterocycles. The second kappa shape index (κ2) is 8.22. The first-order chi connectivity index (χ1) is 13.3. The molecule has 0 unspecified atom stereocenters. The van der Waals surface area contributed by atoms with Crippen LogP contribution in [0.2, 0.25) is 10.0 Å². The van der Waals surface area contributed by atoms with Gasteiger partial charge in [-0.15, -0.1) is 0 Å². The van der Waals surface area contributed by atoms with Gasteiger partial charge in [-0.3, -0.25) is 9.52 Å². The zero-order valence-electron chi connectivity index (χ0n) is 14.7. The maximum atomic E-state index is 12.5. The maximum absolute atomic E-state index is 12.5. The lowest BCUT2D eigenvalue weighted by Crippen LogP contribution is -2.15. The number of hydrogen-bond acceptors (Lipinski definition) is 3. The second-order valence-corrected chi connectivity index (χ2v) is 8.48. The van der Waals surface area contributed by atoms with Crippen LogP contribution < -0.4 is 10.0 Å². The molecule has 0 aliphatic carbocycles. The molecule has 0 radical (unpaired) electrons. The van der Waals surface area contributed by atoms with Crippen LogP contribution in [-0.4, -0.2) is 14.3 Å². The molecule has 0 saturated heterocycles. The molecular weight excluding hydrogens is 419 g/mol. The first kappa shape index (κ1) is 20.2. The van der Waals surface area contributed by atoms with Gasteiger partial charge in [0.2, 0.25) is 0 Å². The molecule has 5 nitrogen and oxygen atoms in total. The molecule has 0 spiro atoms. The summed E-state index contributed by atoms with van der Waals surface area (Å²) in [6, 6.07) is 17.5. The van der Waals surface area contributed by atoms with E-state index in [0.717, 1.165) is 5.56 Å². The first-order valence-electron chi connectivity index (χ1n) is 8.22. The number of anilines is 2. The van der Waals surface area contributed by atoms with Crippen molar-refractivity contribution >= 4 is 50.5 Å². The summed E-state index contributed by atoms with van der Waals surface area (Å²) in [7, 11) is -3.75. The molecule has 28 heavy (non-hydrogen) atoms. The van der Waals surface area contributed by atoms with E-state index in [4.69, 9.17) is 23.2 Å². The van der Waals surface area contributed by atoms with Gasteiger partial charge in [0.25, 0.3) is 15.9 Å². The quantitative estimate of drug-likeness (QED) is 0.567. The van der Waals surface area contributed by atoms with Crippen molar-refractivity contribution in [3.63, 3.8) is 0 Å². The van der Waals surface area contributed by atoms with Gasteiger partial charge < -0.3 is 5.32 Å². The minimum absolute atomic E-state index is 0.116. The highest BCUT2D eigenvalue weighted by atomic mass is 35.5. The lowest BCUT2D eigenvalue weighted by molar-refractivity contribution is 0.102. The fourth-order valence-corrected chi connectivity index (χ4v) is 4.02. The minimum Gasteiger partial charge on any atom is -0.322 e. The third kappa shape index (κ3) is 4.47. The summed E-state index contributed by atoms with van der Waals surface area (Å²) in [4.78, 5) is 12.7. The number of sulfonamides is 1. The summed E-state index contributed by atoms with van der Waals surface area (Å²) in [5, 5.41) is 3.41. The van der Waals surface area contributed by atoms with E-state index >= 15 is 0 Å². The summed E-state index contributed by atoms with van der Waals surface area (Å²) in [5.74, 6) is -0.423. The molecule has 3 aromatic rings. The number of carbonyl (C=O) groups excluding carboxylic acids is 1. The van der Waals surface area contributed by atoms with Crippen LogP contribution in [0.25, 0.3) is 0 Å². The van der Waals surface area contributed by atoms with Crippen molar-refractivity contribution in [1.29, 1.82) is 0 Å². The molecular formula is C20H16Cl2N2O3S. The van der Waals surface area contributed by atoms with Crippen molar-refractivity contribution in [2.75, 3.05) is 10.0 Å². The molecule has 0 atom stereocenters. The Hall–Kier alpha value is -2.54. The van der Waals surface area contributed by atoms with Crippen molar-refractivity contribution in [2.24, 2.45) is 0 Å². The third-order valence-electron chi connectivity index (χ3n) is 4.04. The molecule has 0 fully saturated rings. The summed E-state index contributed by atoms with van der Waals surface area (Å²) in [6.45, 7) is 1.79. The van der Waals surface area contributed by atoms with Crippen molar-refractivity contribution in [1.82, 2.24) is 0 Å². The normalized spacial score (nSPS) is 11.1. The van der Waals surface area contributed by atoms with Gasteiger partial charge in [-0.2, -0.15) is 0 Å². The average Bonchev–Trinajstić information content (AvgIpc) is 2.66. The zero-order valence-corrected chi connectivity index (χ0v) is 17.1. The van der Waals surface area contributed by atoms with Crippen LogP contribution in [0.1, 0.15) is 15.9 Å². The Morgan fingerprint density at radius 2 is 1.61 bits per heavy atom. The third-order valence-corrected chi connectivity index (χ3v) is 6.15. The van der Waals surface area contributed by atoms with Gasteiger partial charge in [0.15, 0.2) is 0 Å². The van der Waals surface area contributed by atoms with Crippen LogP contribution in [0.5, 0.6) is 0 Å². The predicted molar refractivity (Wildman–Crippen MR) is 113 cm³/mol. The topological polar surface area (TPSA) is 75.3 Å². The van der Waals surface area contributed by atoms with Crippen LogP contribution in [0, 0.1) is 6.92 Å². The Morgan fingerprint density at radius 3 is 2.29 bits per heavy atom. The van der Waals surface area contributed by atoms with Crippen LogP contribution >= 0.6 is 23.2 Å². The summed E-state index contributed by atoms with van der Waals surface area (Å²) >= 11 is 12.3. The minimum atomic E-state index is -3.75. The van der Waals surface area contributed by atoms with Crippen LogP contribution in [0.3, 0.4) is 0 Å². The van der Waals surface area contributed by atoms with E-state index in [-0.39, 0.29) is 21.2 Å². The lowest BCUT2D eigenvalue weighted by atomic mass is 10.1. The van der Waals surface area contributed by atoms with Gasteiger partial charge in [0.1, 0.15) is 0 Å². The number of carbonyl (C=O) groups is 1. The van der Waals surface area contributed by atoms with Crippen LogP contribution in [-0.2, 0) is 10.0 Å². The van der Waals surface area contributed by atoms with Gasteiger partial charge in [-0.25, -0.2) is 8.42 Å². The molecule has 8 heteroatoms. The lowest BCUT2D eigenvalue weighted by Gasteiger charge is -2.12. The summed E-state index contributed by atoms with van der Waals surface area (Å²) < 4.78 is 27.2. The molecule has 0 aromatic heterocycles. The number of amides is 1. The van der Waals surface area contributed by atoms with Crippen LogP contribution in [0.15, 0.2) is 71.6 Å². The standard InChI is InChI=1S/C20H16Cl2N2O3S/c1-13-17(21)8-5-9-19(13)23-20(25)16-11-10-14(12-18(16)22)24-28(26,27)15-6-3-2-4-7-15/h2-12,24H,1H3,(H,23,25). The Kier molecular flexibility index (Phi) is 5.93. The SMILES string of the molecule is Cc1c(Cl)cccc1NC(=O)c1ccc(NS(=O)(=O)c2ccccc2)cc1Cl. The number of benzene rings is 3. The molecule has 1 amide bonds. The smallest absolute Gasteiger partial charge is 0.261 e. The van der Waals surface area contributed by atoms with E-state index in [1.54, 1.807) is 43.3 Å². The van der Waals surface area contributed by atoms with Gasteiger partial charge in [-0.1, -0.05) is 47.5 Å². The first-order valence-corrected chi connectivity index (χ1v) is 10.5. The highest BCUT2D eigenvalue weighted by Gasteiger charge is 2.17. The van der Waals surface area contributed by atoms with Crippen molar-refractivity contribution < 1.29 is 13.2 Å². The molecule has 3 rings (SSSR count). The zero-order chi connectivity index (χ0) is 20.3. The van der Waals surface area contributed by atoms with Gasteiger partial charge in [0.05, 0.1) is 21.2 Å². The van der Waals surface area contributed by atoms with E-state index in [1.165, 1.54) is 30.3 Å². The van der Waals surface area contributed by atoms with E-state index in [2.05, 4.69) is 10.0 Å². The fraction of sp³-hybridized carbons (Fsp3) is 0.0500. The van der Waals surface area contributed by atoms with Crippen molar-refractivity contribution in [2.45, 2.75) is 11.8 Å². The van der Waals surface area contributed by atoms with E-state index in [1.807, 2.05) is 0 Å². The van der Waals surface area contributed by atoms with Crippen molar-refractivity contribution in [3.8, 4) is 0 Å². The van der Waals surface area contributed by atoms with Crippen LogP contribution in [0.4, 0.5) is 11.4 Å². The fourth-order valence-electron chi connectivity index (χ4n) is 2.51. The Morgan fingerprint density at radius 1 is 0.893 bits per heavy atom. The molecule has 0 heterocycles. The highest BCUT2D eigenvalue weighted by Crippen LogP contribution is 2.26. The summed E-state index contributed by atoms with van der Waals surface area (Å²) in [5.41, 5.74) is 1.77. The maximum Gasteiger partial charge on any atom is 0.261 e. The largest absolute Gasteiger partial charge is 0.322 e. The molecule has 144 valence electrons. The highest BCUT2D eigenvalue weighted by molar-refractivity contribution is 7.92. The van der Waals surface area contributed by atoms with Gasteiger partial charge in [0, 0.05) is 10.7 Å². The number of halogens is 2. The number of nitrogens with one attached hydrogen (secondary N) is 2.